The fourth-order valence-electron chi connectivity index (χ4n) is 3.73. The van der Waals surface area contributed by atoms with Crippen LogP contribution in [-0.2, 0) is 19.3 Å². The zero-order valence-corrected chi connectivity index (χ0v) is 19.4. The lowest BCUT2D eigenvalue weighted by atomic mass is 10.1. The van der Waals surface area contributed by atoms with Crippen LogP contribution in [0, 0.1) is 0 Å². The van der Waals surface area contributed by atoms with Crippen molar-refractivity contribution in [3.8, 4) is 5.75 Å². The maximum Gasteiger partial charge on any atom is 0.416 e. The Bertz CT molecular complexity index is 1080. The van der Waals surface area contributed by atoms with Gasteiger partial charge in [-0.2, -0.15) is 13.2 Å². The van der Waals surface area contributed by atoms with Crippen LogP contribution in [0.3, 0.4) is 0 Å². The number of anilines is 1. The van der Waals surface area contributed by atoms with Crippen molar-refractivity contribution in [2.45, 2.75) is 45.5 Å². The number of ether oxygens (including phenoxy) is 1. The molecule has 2 aromatic carbocycles. The summed E-state index contributed by atoms with van der Waals surface area (Å²) in [6.45, 7) is 3.27. The molecule has 0 aliphatic carbocycles. The van der Waals surface area contributed by atoms with E-state index in [4.69, 9.17) is 4.74 Å². The van der Waals surface area contributed by atoms with Crippen LogP contribution in [0.15, 0.2) is 66.9 Å². The molecule has 1 heterocycles. The standard InChI is InChI=1S/C26H30F3N3O2/c1-3-4-7-15-32(25(33)30-23-13-5-6-14-24(23)34-2)19-22-12-9-16-31(22)18-20-10-8-11-21(17-20)26(27,28)29/h5-6,8-14,16-17H,3-4,7,15,18-19H2,1-2H3,(H,30,33). The van der Waals surface area contributed by atoms with E-state index in [1.165, 1.54) is 6.07 Å². The Labute approximate surface area is 198 Å². The Morgan fingerprint density at radius 3 is 2.59 bits per heavy atom. The molecule has 34 heavy (non-hydrogen) atoms. The number of nitrogens with one attached hydrogen (secondary N) is 1. The molecule has 3 rings (SSSR count). The minimum absolute atomic E-state index is 0.257. The first-order chi connectivity index (χ1) is 16.3. The van der Waals surface area contributed by atoms with Crippen LogP contribution in [0.5, 0.6) is 5.75 Å². The fourth-order valence-corrected chi connectivity index (χ4v) is 3.73. The summed E-state index contributed by atoms with van der Waals surface area (Å²) >= 11 is 0. The molecule has 0 spiro atoms. The minimum atomic E-state index is -4.39. The second kappa shape index (κ2) is 11.6. The highest BCUT2D eigenvalue weighted by molar-refractivity contribution is 5.90. The lowest BCUT2D eigenvalue weighted by molar-refractivity contribution is -0.137. The van der Waals surface area contributed by atoms with Gasteiger partial charge in [-0.3, -0.25) is 0 Å². The third-order valence-corrected chi connectivity index (χ3v) is 5.55. The predicted molar refractivity (Wildman–Crippen MR) is 127 cm³/mol. The number of unbranched alkanes of at least 4 members (excludes halogenated alkanes) is 2. The van der Waals surface area contributed by atoms with Crippen molar-refractivity contribution in [3.63, 3.8) is 0 Å². The summed E-state index contributed by atoms with van der Waals surface area (Å²) in [6.07, 6.45) is 0.294. The number of para-hydroxylation sites is 2. The maximum atomic E-state index is 13.2. The highest BCUT2D eigenvalue weighted by atomic mass is 19.4. The highest BCUT2D eigenvalue weighted by Gasteiger charge is 2.30. The Morgan fingerprint density at radius 2 is 1.85 bits per heavy atom. The van der Waals surface area contributed by atoms with Gasteiger partial charge < -0.3 is 19.5 Å². The molecule has 182 valence electrons. The molecule has 5 nitrogen and oxygen atoms in total. The van der Waals surface area contributed by atoms with Gasteiger partial charge in [-0.1, -0.05) is 44.0 Å². The smallest absolute Gasteiger partial charge is 0.416 e. The highest BCUT2D eigenvalue weighted by Crippen LogP contribution is 2.30. The maximum absolute atomic E-state index is 13.2. The number of rotatable bonds is 10. The van der Waals surface area contributed by atoms with Crippen molar-refractivity contribution in [2.75, 3.05) is 19.0 Å². The first-order valence-electron chi connectivity index (χ1n) is 11.3. The predicted octanol–water partition coefficient (Wildman–Crippen LogP) is 6.79. The molecular weight excluding hydrogens is 443 g/mol. The van der Waals surface area contributed by atoms with Gasteiger partial charge in [0.15, 0.2) is 0 Å². The van der Waals surface area contributed by atoms with Gasteiger partial charge in [0.25, 0.3) is 0 Å². The van der Waals surface area contributed by atoms with E-state index in [9.17, 15) is 18.0 Å². The molecule has 3 aromatic rings. The molecule has 0 unspecified atom stereocenters. The van der Waals surface area contributed by atoms with Gasteiger partial charge in [0.2, 0.25) is 0 Å². The van der Waals surface area contributed by atoms with Crippen molar-refractivity contribution in [1.29, 1.82) is 0 Å². The normalized spacial score (nSPS) is 11.3. The van der Waals surface area contributed by atoms with Gasteiger partial charge in [-0.25, -0.2) is 4.79 Å². The second-order valence-electron chi connectivity index (χ2n) is 8.08. The number of halogens is 3. The van der Waals surface area contributed by atoms with E-state index in [0.29, 0.717) is 30.1 Å². The summed E-state index contributed by atoms with van der Waals surface area (Å²) < 4.78 is 46.5. The summed E-state index contributed by atoms with van der Waals surface area (Å²) in [7, 11) is 1.55. The van der Waals surface area contributed by atoms with E-state index >= 15 is 0 Å². The van der Waals surface area contributed by atoms with Crippen LogP contribution in [-0.4, -0.2) is 29.2 Å². The number of benzene rings is 2. The first-order valence-corrected chi connectivity index (χ1v) is 11.3. The quantitative estimate of drug-likeness (QED) is 0.330. The second-order valence-corrected chi connectivity index (χ2v) is 8.08. The molecule has 2 amide bonds. The molecule has 0 aliphatic rings. The summed E-state index contributed by atoms with van der Waals surface area (Å²) in [5.74, 6) is 0.567. The Morgan fingerprint density at radius 1 is 1.06 bits per heavy atom. The Kier molecular flexibility index (Phi) is 8.62. The van der Waals surface area contributed by atoms with Crippen LogP contribution in [0.1, 0.15) is 43.0 Å². The number of nitrogens with zero attached hydrogens (tertiary/aromatic N) is 2. The lowest BCUT2D eigenvalue weighted by Gasteiger charge is -2.24. The average Bonchev–Trinajstić information content (AvgIpc) is 3.25. The molecule has 1 N–H and O–H groups in total. The minimum Gasteiger partial charge on any atom is -0.495 e. The van der Waals surface area contributed by atoms with E-state index in [0.717, 1.165) is 37.1 Å². The van der Waals surface area contributed by atoms with Gasteiger partial charge in [-0.05, 0) is 48.4 Å². The van der Waals surface area contributed by atoms with E-state index in [-0.39, 0.29) is 12.6 Å². The first kappa shape index (κ1) is 25.2. The SMILES string of the molecule is CCCCCN(Cc1cccn1Cc1cccc(C(F)(F)F)c1)C(=O)Nc1ccccc1OC. The number of amides is 2. The third-order valence-electron chi connectivity index (χ3n) is 5.55. The van der Waals surface area contributed by atoms with Crippen LogP contribution in [0.2, 0.25) is 0 Å². The van der Waals surface area contributed by atoms with Gasteiger partial charge in [0.05, 0.1) is 24.9 Å². The summed E-state index contributed by atoms with van der Waals surface area (Å²) in [5.41, 5.74) is 1.29. The molecular formula is C26H30F3N3O2. The number of hydrogen-bond donors (Lipinski definition) is 1. The lowest BCUT2D eigenvalue weighted by Crippen LogP contribution is -2.36. The number of carbonyl (C=O) groups excluding carboxylic acids is 1. The molecule has 0 fully saturated rings. The molecule has 0 atom stereocenters. The van der Waals surface area contributed by atoms with Crippen molar-refractivity contribution < 1.29 is 22.7 Å². The van der Waals surface area contributed by atoms with Crippen molar-refractivity contribution in [3.05, 3.63) is 83.7 Å². The monoisotopic (exact) mass is 473 g/mol. The Balaban J connectivity index is 1.77. The number of carbonyl (C=O) groups is 1. The fraction of sp³-hybridized carbons (Fsp3) is 0.346. The zero-order valence-electron chi connectivity index (χ0n) is 19.4. The van der Waals surface area contributed by atoms with Crippen LogP contribution < -0.4 is 10.1 Å². The number of methoxy groups -OCH3 is 1. The van der Waals surface area contributed by atoms with Crippen molar-refractivity contribution >= 4 is 11.7 Å². The largest absolute Gasteiger partial charge is 0.495 e. The summed E-state index contributed by atoms with van der Waals surface area (Å²) in [5, 5.41) is 2.92. The van der Waals surface area contributed by atoms with Crippen molar-refractivity contribution in [2.24, 2.45) is 0 Å². The molecule has 8 heteroatoms. The molecule has 0 radical (unpaired) electrons. The van der Waals surface area contributed by atoms with E-state index < -0.39 is 11.7 Å². The molecule has 0 saturated carbocycles. The number of alkyl halides is 3. The summed E-state index contributed by atoms with van der Waals surface area (Å²) in [6, 6.07) is 16.0. The molecule has 0 aliphatic heterocycles. The van der Waals surface area contributed by atoms with Crippen molar-refractivity contribution in [1.82, 2.24) is 9.47 Å². The van der Waals surface area contributed by atoms with Crippen LogP contribution in [0.4, 0.5) is 23.7 Å². The summed E-state index contributed by atoms with van der Waals surface area (Å²) in [4.78, 5) is 14.9. The van der Waals surface area contributed by atoms with Gasteiger partial charge in [0, 0.05) is 25.0 Å². The topological polar surface area (TPSA) is 46.5 Å². The third kappa shape index (κ3) is 6.79. The van der Waals surface area contributed by atoms with Crippen LogP contribution >= 0.6 is 0 Å². The van der Waals surface area contributed by atoms with E-state index in [1.807, 2.05) is 35.0 Å². The number of hydrogen-bond acceptors (Lipinski definition) is 2. The molecule has 0 bridgehead atoms. The van der Waals surface area contributed by atoms with Gasteiger partial charge >= 0.3 is 12.2 Å². The van der Waals surface area contributed by atoms with Gasteiger partial charge in [0.1, 0.15) is 5.75 Å². The van der Waals surface area contributed by atoms with Gasteiger partial charge in [-0.15, -0.1) is 0 Å². The zero-order chi connectivity index (χ0) is 24.6. The molecule has 0 saturated heterocycles. The van der Waals surface area contributed by atoms with Crippen LogP contribution in [0.25, 0.3) is 0 Å². The van der Waals surface area contributed by atoms with E-state index in [1.54, 1.807) is 30.2 Å². The number of urea groups is 1. The van der Waals surface area contributed by atoms with E-state index in [2.05, 4.69) is 12.2 Å². The number of aromatic nitrogens is 1. The Hall–Kier alpha value is -3.42. The average molecular weight is 474 g/mol. The molecule has 1 aromatic heterocycles.